The van der Waals surface area contributed by atoms with Crippen molar-refractivity contribution in [3.63, 3.8) is 0 Å². The molecule has 0 unspecified atom stereocenters. The highest BCUT2D eigenvalue weighted by atomic mass is 32.1. The van der Waals surface area contributed by atoms with Gasteiger partial charge in [-0.2, -0.15) is 0 Å². The Morgan fingerprint density at radius 1 is 1.30 bits per heavy atom. The first-order valence-corrected chi connectivity index (χ1v) is 7.60. The number of rotatable bonds is 6. The van der Waals surface area contributed by atoms with Gasteiger partial charge in [0.15, 0.2) is 11.6 Å². The summed E-state index contributed by atoms with van der Waals surface area (Å²) in [5, 5.41) is 3.31. The minimum Gasteiger partial charge on any atom is -0.486 e. The molecule has 0 aliphatic rings. The molecule has 0 aliphatic heterocycles. The maximum atomic E-state index is 13.8. The van der Waals surface area contributed by atoms with Crippen molar-refractivity contribution in [1.82, 2.24) is 5.32 Å². The van der Waals surface area contributed by atoms with Crippen molar-refractivity contribution < 1.29 is 9.13 Å². The van der Waals surface area contributed by atoms with Gasteiger partial charge in [-0.15, -0.1) is 11.3 Å². The van der Waals surface area contributed by atoms with Crippen molar-refractivity contribution in [3.05, 3.63) is 51.0 Å². The highest BCUT2D eigenvalue weighted by molar-refractivity contribution is 7.12. The third-order valence-electron chi connectivity index (χ3n) is 3.16. The molecule has 0 saturated heterocycles. The fourth-order valence-corrected chi connectivity index (χ4v) is 2.97. The van der Waals surface area contributed by atoms with Gasteiger partial charge >= 0.3 is 0 Å². The molecule has 0 atom stereocenters. The van der Waals surface area contributed by atoms with Gasteiger partial charge in [-0.25, -0.2) is 4.39 Å². The van der Waals surface area contributed by atoms with E-state index in [4.69, 9.17) is 4.74 Å². The first-order chi connectivity index (χ1) is 9.61. The topological polar surface area (TPSA) is 21.3 Å². The highest BCUT2D eigenvalue weighted by Crippen LogP contribution is 2.25. The molecule has 4 heteroatoms. The van der Waals surface area contributed by atoms with Crippen LogP contribution >= 0.6 is 11.3 Å². The first-order valence-electron chi connectivity index (χ1n) is 6.78. The molecule has 108 valence electrons. The summed E-state index contributed by atoms with van der Waals surface area (Å²) < 4.78 is 19.5. The van der Waals surface area contributed by atoms with Gasteiger partial charge in [0.1, 0.15) is 6.61 Å². The van der Waals surface area contributed by atoms with Gasteiger partial charge in [-0.3, -0.25) is 0 Å². The van der Waals surface area contributed by atoms with E-state index >= 15 is 0 Å². The average Bonchev–Trinajstić information content (AvgIpc) is 2.79. The predicted molar refractivity (Wildman–Crippen MR) is 81.9 cm³/mol. The molecule has 2 rings (SSSR count). The monoisotopic (exact) mass is 293 g/mol. The number of hydrogen-bond acceptors (Lipinski definition) is 3. The summed E-state index contributed by atoms with van der Waals surface area (Å²) in [5.74, 6) is 0.0529. The summed E-state index contributed by atoms with van der Waals surface area (Å²) in [7, 11) is 0. The zero-order valence-electron chi connectivity index (χ0n) is 12.1. The van der Waals surface area contributed by atoms with Crippen LogP contribution in [0.2, 0.25) is 0 Å². The number of thiophene rings is 1. The van der Waals surface area contributed by atoms with Crippen LogP contribution in [-0.2, 0) is 13.2 Å². The lowest BCUT2D eigenvalue weighted by Crippen LogP contribution is -2.10. The van der Waals surface area contributed by atoms with Crippen LogP contribution in [0.15, 0.2) is 24.3 Å². The smallest absolute Gasteiger partial charge is 0.167 e. The summed E-state index contributed by atoms with van der Waals surface area (Å²) in [6.07, 6.45) is 0. The number of benzene rings is 1. The van der Waals surface area contributed by atoms with Crippen LogP contribution in [0, 0.1) is 19.7 Å². The Morgan fingerprint density at radius 3 is 2.85 bits per heavy atom. The van der Waals surface area contributed by atoms with Crippen LogP contribution in [0.5, 0.6) is 5.75 Å². The zero-order chi connectivity index (χ0) is 14.5. The first kappa shape index (κ1) is 15.0. The minimum atomic E-state index is -0.270. The normalized spacial score (nSPS) is 10.8. The maximum Gasteiger partial charge on any atom is 0.167 e. The molecule has 1 aromatic heterocycles. The standard InChI is InChI=1S/C16H20FNOS/c1-4-18-9-14-8-13(12(3)20-14)10-19-15-7-5-6-11(2)16(15)17/h5-8,18H,4,9-10H2,1-3H3. The number of nitrogens with one attached hydrogen (secondary N) is 1. The lowest BCUT2D eigenvalue weighted by molar-refractivity contribution is 0.289. The molecule has 0 saturated carbocycles. The van der Waals surface area contributed by atoms with Gasteiger partial charge in [0.2, 0.25) is 0 Å². The van der Waals surface area contributed by atoms with Crippen LogP contribution in [0.4, 0.5) is 4.39 Å². The lowest BCUT2D eigenvalue weighted by Gasteiger charge is -2.08. The van der Waals surface area contributed by atoms with E-state index in [2.05, 4.69) is 25.2 Å². The third kappa shape index (κ3) is 3.58. The second-order valence-electron chi connectivity index (χ2n) is 4.75. The molecule has 0 fully saturated rings. The Morgan fingerprint density at radius 2 is 2.10 bits per heavy atom. The van der Waals surface area contributed by atoms with E-state index in [1.807, 2.05) is 6.07 Å². The largest absolute Gasteiger partial charge is 0.486 e. The van der Waals surface area contributed by atoms with Crippen molar-refractivity contribution >= 4 is 11.3 Å². The molecule has 1 N–H and O–H groups in total. The molecular weight excluding hydrogens is 273 g/mol. The van der Waals surface area contributed by atoms with E-state index in [-0.39, 0.29) is 5.82 Å². The lowest BCUT2D eigenvalue weighted by atomic mass is 10.2. The average molecular weight is 293 g/mol. The SMILES string of the molecule is CCNCc1cc(COc2cccc(C)c2F)c(C)s1. The molecule has 1 heterocycles. The Balaban J connectivity index is 2.03. The van der Waals surface area contributed by atoms with Crippen molar-refractivity contribution in [2.24, 2.45) is 0 Å². The Bertz CT molecular complexity index is 580. The van der Waals surface area contributed by atoms with E-state index in [0.29, 0.717) is 17.9 Å². The number of halogens is 1. The van der Waals surface area contributed by atoms with E-state index in [1.54, 1.807) is 30.4 Å². The van der Waals surface area contributed by atoms with Gasteiger partial charge in [-0.05, 0) is 38.1 Å². The summed E-state index contributed by atoms with van der Waals surface area (Å²) in [4.78, 5) is 2.51. The Kier molecular flexibility index (Phi) is 5.15. The van der Waals surface area contributed by atoms with E-state index in [1.165, 1.54) is 9.75 Å². The van der Waals surface area contributed by atoms with Gasteiger partial charge in [0.05, 0.1) is 0 Å². The molecule has 0 radical (unpaired) electrons. The Labute approximate surface area is 123 Å². The zero-order valence-corrected chi connectivity index (χ0v) is 12.9. The molecule has 0 aliphatic carbocycles. The highest BCUT2D eigenvalue weighted by Gasteiger charge is 2.09. The number of ether oxygens (including phenoxy) is 1. The van der Waals surface area contributed by atoms with Gasteiger partial charge in [0.25, 0.3) is 0 Å². The van der Waals surface area contributed by atoms with Gasteiger partial charge in [-0.1, -0.05) is 19.1 Å². The Hall–Kier alpha value is -1.39. The summed E-state index contributed by atoms with van der Waals surface area (Å²) >= 11 is 1.76. The van der Waals surface area contributed by atoms with Crippen molar-refractivity contribution in [1.29, 1.82) is 0 Å². The van der Waals surface area contributed by atoms with Crippen molar-refractivity contribution in [2.45, 2.75) is 33.9 Å². The van der Waals surface area contributed by atoms with E-state index < -0.39 is 0 Å². The minimum absolute atomic E-state index is 0.270. The van der Waals surface area contributed by atoms with E-state index in [0.717, 1.165) is 18.7 Å². The molecule has 1 aromatic carbocycles. The third-order valence-corrected chi connectivity index (χ3v) is 4.25. The van der Waals surface area contributed by atoms with E-state index in [9.17, 15) is 4.39 Å². The van der Waals surface area contributed by atoms with Crippen molar-refractivity contribution in [3.8, 4) is 5.75 Å². The van der Waals surface area contributed by atoms with Gasteiger partial charge < -0.3 is 10.1 Å². The molecule has 0 bridgehead atoms. The molecular formula is C16H20FNOS. The fourth-order valence-electron chi connectivity index (χ4n) is 1.95. The van der Waals surface area contributed by atoms with Crippen molar-refractivity contribution in [2.75, 3.05) is 6.54 Å². The van der Waals surface area contributed by atoms with Crippen LogP contribution in [0.1, 0.15) is 27.8 Å². The van der Waals surface area contributed by atoms with Crippen LogP contribution in [0.25, 0.3) is 0 Å². The summed E-state index contributed by atoms with van der Waals surface area (Å²) in [5.41, 5.74) is 1.74. The quantitative estimate of drug-likeness (QED) is 0.862. The molecule has 2 aromatic rings. The summed E-state index contributed by atoms with van der Waals surface area (Å²) in [6, 6.07) is 7.36. The fraction of sp³-hybridized carbons (Fsp3) is 0.375. The second kappa shape index (κ2) is 6.86. The molecule has 20 heavy (non-hydrogen) atoms. The van der Waals surface area contributed by atoms with Gasteiger partial charge in [0, 0.05) is 21.9 Å². The number of aryl methyl sites for hydroxylation is 2. The summed E-state index contributed by atoms with van der Waals surface area (Å²) in [6.45, 7) is 8.15. The maximum absolute atomic E-state index is 13.8. The van der Waals surface area contributed by atoms with Crippen LogP contribution < -0.4 is 10.1 Å². The number of hydrogen-bond donors (Lipinski definition) is 1. The second-order valence-corrected chi connectivity index (χ2v) is 6.09. The van der Waals surface area contributed by atoms with Crippen LogP contribution in [0.3, 0.4) is 0 Å². The van der Waals surface area contributed by atoms with Crippen LogP contribution in [-0.4, -0.2) is 6.54 Å². The molecule has 2 nitrogen and oxygen atoms in total. The predicted octanol–water partition coefficient (Wildman–Crippen LogP) is 4.19. The molecule has 0 spiro atoms. The molecule has 0 amide bonds.